The molecule has 0 spiro atoms. The number of amides is 1. The van der Waals surface area contributed by atoms with Gasteiger partial charge in [-0.2, -0.15) is 0 Å². The van der Waals surface area contributed by atoms with E-state index in [1.54, 1.807) is 14.2 Å². The van der Waals surface area contributed by atoms with Crippen LogP contribution in [0.3, 0.4) is 0 Å². The van der Waals surface area contributed by atoms with Gasteiger partial charge in [0.1, 0.15) is 11.5 Å². The number of rotatable bonds is 9. The van der Waals surface area contributed by atoms with E-state index in [9.17, 15) is 4.79 Å². The van der Waals surface area contributed by atoms with Crippen molar-refractivity contribution in [1.82, 2.24) is 5.32 Å². The number of nitrogens with one attached hydrogen (secondary N) is 1. The van der Waals surface area contributed by atoms with Gasteiger partial charge in [0.05, 0.1) is 14.2 Å². The molecule has 1 aliphatic carbocycles. The fraction of sp³-hybridized carbons (Fsp3) is 0.409. The molecule has 2 aromatic rings. The zero-order chi connectivity index (χ0) is 18.4. The molecule has 0 aromatic heterocycles. The lowest BCUT2D eigenvalue weighted by Gasteiger charge is -2.17. The third kappa shape index (κ3) is 4.78. The predicted molar refractivity (Wildman–Crippen MR) is 103 cm³/mol. The molecule has 1 unspecified atom stereocenters. The molecule has 1 saturated carbocycles. The van der Waals surface area contributed by atoms with Crippen molar-refractivity contribution in [1.29, 1.82) is 0 Å². The summed E-state index contributed by atoms with van der Waals surface area (Å²) in [5.41, 5.74) is 2.34. The van der Waals surface area contributed by atoms with E-state index in [0.717, 1.165) is 23.5 Å². The summed E-state index contributed by atoms with van der Waals surface area (Å²) >= 11 is 0. The molecule has 1 amide bonds. The quantitative estimate of drug-likeness (QED) is 0.743. The highest BCUT2D eigenvalue weighted by molar-refractivity contribution is 5.77. The lowest BCUT2D eigenvalue weighted by molar-refractivity contribution is -0.121. The van der Waals surface area contributed by atoms with Gasteiger partial charge in [-0.25, -0.2) is 0 Å². The van der Waals surface area contributed by atoms with Crippen LogP contribution in [0.25, 0.3) is 0 Å². The molecule has 0 radical (unpaired) electrons. The van der Waals surface area contributed by atoms with Crippen LogP contribution < -0.4 is 14.8 Å². The minimum Gasteiger partial charge on any atom is -0.497 e. The molecule has 2 aromatic carbocycles. The number of hydrogen-bond acceptors (Lipinski definition) is 3. The van der Waals surface area contributed by atoms with E-state index in [0.29, 0.717) is 24.8 Å². The van der Waals surface area contributed by atoms with E-state index in [4.69, 9.17) is 9.47 Å². The average molecular weight is 353 g/mol. The summed E-state index contributed by atoms with van der Waals surface area (Å²) in [7, 11) is 3.34. The Bertz CT molecular complexity index is 722. The van der Waals surface area contributed by atoms with Crippen LogP contribution in [0, 0.1) is 5.92 Å². The fourth-order valence-corrected chi connectivity index (χ4v) is 3.42. The minimum atomic E-state index is 0.118. The Kier molecular flexibility index (Phi) is 6.16. The van der Waals surface area contributed by atoms with Crippen LogP contribution >= 0.6 is 0 Å². The fourth-order valence-electron chi connectivity index (χ4n) is 3.42. The molecule has 1 fully saturated rings. The lowest BCUT2D eigenvalue weighted by atomic mass is 9.90. The van der Waals surface area contributed by atoms with Crippen molar-refractivity contribution in [3.63, 3.8) is 0 Å². The first-order valence-corrected chi connectivity index (χ1v) is 9.24. The van der Waals surface area contributed by atoms with Gasteiger partial charge in [0, 0.05) is 13.0 Å². The van der Waals surface area contributed by atoms with Crippen molar-refractivity contribution in [2.45, 2.75) is 31.6 Å². The molecule has 1 aliphatic rings. The third-order valence-corrected chi connectivity index (χ3v) is 5.05. The van der Waals surface area contributed by atoms with E-state index in [-0.39, 0.29) is 5.91 Å². The summed E-state index contributed by atoms with van der Waals surface area (Å²) < 4.78 is 10.6. The molecule has 4 nitrogen and oxygen atoms in total. The standard InChI is InChI=1S/C22H27NO3/c1-25-19-11-9-17(10-12-19)20(16-7-8-16)15-22(24)23-14-13-18-5-3-4-6-21(18)26-2/h3-6,9-12,16,20H,7-8,13-15H2,1-2H3,(H,23,24). The van der Waals surface area contributed by atoms with Crippen LogP contribution in [-0.4, -0.2) is 26.7 Å². The Morgan fingerprint density at radius 1 is 1.08 bits per heavy atom. The number of hydrogen-bond donors (Lipinski definition) is 1. The van der Waals surface area contributed by atoms with E-state index in [1.165, 1.54) is 18.4 Å². The first-order valence-electron chi connectivity index (χ1n) is 9.24. The van der Waals surface area contributed by atoms with Crippen molar-refractivity contribution in [3.05, 3.63) is 59.7 Å². The van der Waals surface area contributed by atoms with Gasteiger partial charge in [0.2, 0.25) is 5.91 Å². The molecular formula is C22H27NO3. The average Bonchev–Trinajstić information content (AvgIpc) is 3.52. The maximum atomic E-state index is 12.5. The molecule has 0 heterocycles. The predicted octanol–water partition coefficient (Wildman–Crippen LogP) is 3.95. The zero-order valence-electron chi connectivity index (χ0n) is 15.5. The normalized spacial score (nSPS) is 14.5. The topological polar surface area (TPSA) is 47.6 Å². The van der Waals surface area contributed by atoms with Crippen LogP contribution in [0.1, 0.15) is 36.3 Å². The van der Waals surface area contributed by atoms with Crippen molar-refractivity contribution in [2.24, 2.45) is 5.92 Å². The number of carbonyl (C=O) groups excluding carboxylic acids is 1. The lowest BCUT2D eigenvalue weighted by Crippen LogP contribution is -2.27. The third-order valence-electron chi connectivity index (χ3n) is 5.05. The molecule has 0 aliphatic heterocycles. The molecule has 138 valence electrons. The number of methoxy groups -OCH3 is 2. The van der Waals surface area contributed by atoms with E-state index in [1.807, 2.05) is 36.4 Å². The maximum absolute atomic E-state index is 12.5. The van der Waals surface area contributed by atoms with Gasteiger partial charge in [-0.15, -0.1) is 0 Å². The minimum absolute atomic E-state index is 0.118. The zero-order valence-corrected chi connectivity index (χ0v) is 15.5. The Morgan fingerprint density at radius 2 is 1.81 bits per heavy atom. The second-order valence-corrected chi connectivity index (χ2v) is 6.83. The van der Waals surface area contributed by atoms with E-state index in [2.05, 4.69) is 17.4 Å². The van der Waals surface area contributed by atoms with Crippen LogP contribution in [-0.2, 0) is 11.2 Å². The van der Waals surface area contributed by atoms with Crippen molar-refractivity contribution in [3.8, 4) is 11.5 Å². The van der Waals surface area contributed by atoms with Crippen LogP contribution in [0.15, 0.2) is 48.5 Å². The smallest absolute Gasteiger partial charge is 0.220 e. The van der Waals surface area contributed by atoms with Crippen molar-refractivity contribution in [2.75, 3.05) is 20.8 Å². The molecule has 1 N–H and O–H groups in total. The van der Waals surface area contributed by atoms with Gasteiger partial charge in [-0.3, -0.25) is 4.79 Å². The van der Waals surface area contributed by atoms with Gasteiger partial charge in [-0.05, 0) is 60.4 Å². The summed E-state index contributed by atoms with van der Waals surface area (Å²) in [6.45, 7) is 0.624. The second kappa shape index (κ2) is 8.75. The maximum Gasteiger partial charge on any atom is 0.220 e. The van der Waals surface area contributed by atoms with Crippen LogP contribution in [0.5, 0.6) is 11.5 Å². The van der Waals surface area contributed by atoms with Gasteiger partial charge in [-0.1, -0.05) is 30.3 Å². The Hall–Kier alpha value is -2.49. The SMILES string of the molecule is COc1ccc(C(CC(=O)NCCc2ccccc2OC)C2CC2)cc1. The first kappa shape index (κ1) is 18.3. The molecule has 3 rings (SSSR count). The molecule has 0 bridgehead atoms. The molecular weight excluding hydrogens is 326 g/mol. The highest BCUT2D eigenvalue weighted by Crippen LogP contribution is 2.44. The molecule has 4 heteroatoms. The highest BCUT2D eigenvalue weighted by atomic mass is 16.5. The number of benzene rings is 2. The van der Waals surface area contributed by atoms with Crippen LogP contribution in [0.2, 0.25) is 0 Å². The highest BCUT2D eigenvalue weighted by Gasteiger charge is 2.33. The van der Waals surface area contributed by atoms with Crippen LogP contribution in [0.4, 0.5) is 0 Å². The van der Waals surface area contributed by atoms with Gasteiger partial charge in [0.15, 0.2) is 0 Å². The number of ether oxygens (including phenoxy) is 2. The second-order valence-electron chi connectivity index (χ2n) is 6.83. The summed E-state index contributed by atoms with van der Waals surface area (Å²) in [5, 5.41) is 3.07. The summed E-state index contributed by atoms with van der Waals surface area (Å²) in [6.07, 6.45) is 3.74. The summed E-state index contributed by atoms with van der Waals surface area (Å²) in [6, 6.07) is 16.1. The van der Waals surface area contributed by atoms with E-state index < -0.39 is 0 Å². The Labute approximate surface area is 155 Å². The number of para-hydroxylation sites is 1. The first-order chi connectivity index (χ1) is 12.7. The van der Waals surface area contributed by atoms with Gasteiger partial charge >= 0.3 is 0 Å². The van der Waals surface area contributed by atoms with Crippen molar-refractivity contribution < 1.29 is 14.3 Å². The summed E-state index contributed by atoms with van der Waals surface area (Å²) in [4.78, 5) is 12.5. The van der Waals surface area contributed by atoms with Gasteiger partial charge in [0.25, 0.3) is 0 Å². The van der Waals surface area contributed by atoms with Crippen molar-refractivity contribution >= 4 is 5.91 Å². The Balaban J connectivity index is 1.53. The van der Waals surface area contributed by atoms with Gasteiger partial charge < -0.3 is 14.8 Å². The largest absolute Gasteiger partial charge is 0.497 e. The molecule has 1 atom stereocenters. The number of carbonyl (C=O) groups is 1. The molecule has 26 heavy (non-hydrogen) atoms. The Morgan fingerprint density at radius 3 is 2.46 bits per heavy atom. The summed E-state index contributed by atoms with van der Waals surface area (Å²) in [5.74, 6) is 2.77. The monoisotopic (exact) mass is 353 g/mol. The van der Waals surface area contributed by atoms with E-state index >= 15 is 0 Å². The molecule has 0 saturated heterocycles.